The molecule has 0 aromatic heterocycles. The van der Waals surface area contributed by atoms with Crippen LogP contribution in [0.4, 0.5) is 11.4 Å². The molecule has 6 rings (SSSR count). The van der Waals surface area contributed by atoms with Gasteiger partial charge in [0.1, 0.15) is 6.61 Å². The van der Waals surface area contributed by atoms with Crippen molar-refractivity contribution in [2.75, 3.05) is 11.9 Å². The molecule has 0 amide bonds. The second-order valence-electron chi connectivity index (χ2n) is 10.8. The number of benzene rings is 4. The fourth-order valence-electron chi connectivity index (χ4n) is 5.80. The number of allylic oxidation sites excluding steroid dienone is 2. The largest absolute Gasteiger partial charge is 0.490 e. The topological polar surface area (TPSA) is 42.8 Å². The van der Waals surface area contributed by atoms with Gasteiger partial charge in [0, 0.05) is 17.8 Å². The molecule has 1 aliphatic carbocycles. The average Bonchev–Trinajstić information content (AvgIpc) is 3.47. The van der Waals surface area contributed by atoms with E-state index in [0.717, 1.165) is 34.7 Å². The van der Waals surface area contributed by atoms with Gasteiger partial charge in [-0.05, 0) is 91.8 Å². The van der Waals surface area contributed by atoms with E-state index in [9.17, 15) is 0 Å². The van der Waals surface area contributed by atoms with Gasteiger partial charge in [0.25, 0.3) is 0 Å². The summed E-state index contributed by atoms with van der Waals surface area (Å²) in [5, 5.41) is 3.83. The van der Waals surface area contributed by atoms with Crippen LogP contribution in [-0.2, 0) is 6.61 Å². The quantitative estimate of drug-likeness (QED) is 0.183. The minimum absolute atomic E-state index is 0.287. The molecule has 4 aromatic carbocycles. The standard InChI is InChI=1S/C36H36N2O2/c1-4-39-35-21-27(13-19-34(35)40-23-26-11-8-24(2)9-12-26)22-37-29-16-14-28(15-17-29)36-31-7-5-6-30(31)32-20-25(3)10-18-33(32)38-36/h5-6,8-22,30-31,36,38H,4,7,23H2,1-3H3/t30-,31-,36+/m1/s1. The molecule has 0 fully saturated rings. The van der Waals surface area contributed by atoms with Crippen molar-refractivity contribution < 1.29 is 9.47 Å². The molecule has 202 valence electrons. The van der Waals surface area contributed by atoms with Crippen LogP contribution in [0.25, 0.3) is 0 Å². The Balaban J connectivity index is 1.15. The number of fused-ring (bicyclic) bond motifs is 3. The van der Waals surface area contributed by atoms with Crippen LogP contribution >= 0.6 is 0 Å². The summed E-state index contributed by atoms with van der Waals surface area (Å²) in [6, 6.07) is 30.0. The van der Waals surface area contributed by atoms with E-state index in [4.69, 9.17) is 14.5 Å². The fourth-order valence-corrected chi connectivity index (χ4v) is 5.80. The third kappa shape index (κ3) is 5.53. The molecule has 0 spiro atoms. The highest BCUT2D eigenvalue weighted by atomic mass is 16.5. The van der Waals surface area contributed by atoms with Crippen molar-refractivity contribution in [2.45, 2.75) is 45.8 Å². The Labute approximate surface area is 237 Å². The molecule has 0 radical (unpaired) electrons. The van der Waals surface area contributed by atoms with Crippen LogP contribution in [0.5, 0.6) is 11.5 Å². The van der Waals surface area contributed by atoms with E-state index in [-0.39, 0.29) is 6.04 Å². The second kappa shape index (κ2) is 11.4. The molecular weight excluding hydrogens is 492 g/mol. The molecule has 4 heteroatoms. The summed E-state index contributed by atoms with van der Waals surface area (Å²) in [7, 11) is 0. The van der Waals surface area contributed by atoms with Crippen LogP contribution in [0, 0.1) is 19.8 Å². The lowest BCUT2D eigenvalue weighted by molar-refractivity contribution is 0.269. The predicted octanol–water partition coefficient (Wildman–Crippen LogP) is 8.86. The van der Waals surface area contributed by atoms with Crippen molar-refractivity contribution in [1.29, 1.82) is 0 Å². The van der Waals surface area contributed by atoms with Crippen LogP contribution in [-0.4, -0.2) is 12.8 Å². The molecule has 1 N–H and O–H groups in total. The first-order valence-corrected chi connectivity index (χ1v) is 14.2. The van der Waals surface area contributed by atoms with Crippen LogP contribution < -0.4 is 14.8 Å². The highest BCUT2D eigenvalue weighted by Gasteiger charge is 2.37. The highest BCUT2D eigenvalue weighted by molar-refractivity contribution is 5.83. The molecule has 0 saturated carbocycles. The number of nitrogens with one attached hydrogen (secondary N) is 1. The van der Waals surface area contributed by atoms with Crippen molar-refractivity contribution in [1.82, 2.24) is 0 Å². The smallest absolute Gasteiger partial charge is 0.161 e. The molecule has 3 atom stereocenters. The van der Waals surface area contributed by atoms with Gasteiger partial charge in [0.15, 0.2) is 11.5 Å². The maximum Gasteiger partial charge on any atom is 0.161 e. The lowest BCUT2D eigenvalue weighted by Crippen LogP contribution is -2.29. The van der Waals surface area contributed by atoms with Crippen LogP contribution in [0.3, 0.4) is 0 Å². The van der Waals surface area contributed by atoms with E-state index in [2.05, 4.69) is 98.0 Å². The lowest BCUT2D eigenvalue weighted by atomic mass is 9.76. The van der Waals surface area contributed by atoms with Gasteiger partial charge in [-0.25, -0.2) is 0 Å². The Morgan fingerprint density at radius 1 is 0.850 bits per heavy atom. The lowest BCUT2D eigenvalue weighted by Gasteiger charge is -2.37. The summed E-state index contributed by atoms with van der Waals surface area (Å²) in [4.78, 5) is 4.75. The van der Waals surface area contributed by atoms with Crippen molar-refractivity contribution >= 4 is 17.6 Å². The van der Waals surface area contributed by atoms with Crippen molar-refractivity contribution in [3.8, 4) is 11.5 Å². The van der Waals surface area contributed by atoms with Crippen molar-refractivity contribution in [2.24, 2.45) is 10.9 Å². The van der Waals surface area contributed by atoms with E-state index in [0.29, 0.717) is 25.0 Å². The molecule has 0 unspecified atom stereocenters. The van der Waals surface area contributed by atoms with Gasteiger partial charge < -0.3 is 14.8 Å². The second-order valence-corrected chi connectivity index (χ2v) is 10.8. The minimum atomic E-state index is 0.287. The van der Waals surface area contributed by atoms with Crippen LogP contribution in [0.1, 0.15) is 58.7 Å². The van der Waals surface area contributed by atoms with E-state index in [1.165, 1.54) is 27.9 Å². The summed E-state index contributed by atoms with van der Waals surface area (Å²) < 4.78 is 12.0. The molecule has 1 aliphatic heterocycles. The molecule has 40 heavy (non-hydrogen) atoms. The SMILES string of the molecule is CCOc1cc(C=Nc2ccc([C@@H]3Nc4ccc(C)cc4[C@@H]4C=CC[C@H]43)cc2)ccc1OCc1ccc(C)cc1. The molecule has 2 aliphatic rings. The average molecular weight is 529 g/mol. The van der Waals surface area contributed by atoms with Gasteiger partial charge >= 0.3 is 0 Å². The first-order valence-electron chi connectivity index (χ1n) is 14.2. The zero-order valence-electron chi connectivity index (χ0n) is 23.4. The Morgan fingerprint density at radius 3 is 2.45 bits per heavy atom. The highest BCUT2D eigenvalue weighted by Crippen LogP contribution is 2.50. The zero-order chi connectivity index (χ0) is 27.5. The maximum atomic E-state index is 6.08. The van der Waals surface area contributed by atoms with Crippen molar-refractivity contribution in [3.63, 3.8) is 0 Å². The maximum absolute atomic E-state index is 6.08. The summed E-state index contributed by atoms with van der Waals surface area (Å²) >= 11 is 0. The fraction of sp³-hybridized carbons (Fsp3) is 0.250. The third-order valence-electron chi connectivity index (χ3n) is 7.92. The number of hydrogen-bond acceptors (Lipinski definition) is 4. The summed E-state index contributed by atoms with van der Waals surface area (Å²) in [6.07, 6.45) is 7.72. The number of aliphatic imine (C=N–C) groups is 1. The van der Waals surface area contributed by atoms with E-state index in [1.807, 2.05) is 31.3 Å². The van der Waals surface area contributed by atoms with Crippen molar-refractivity contribution in [3.05, 3.63) is 130 Å². The summed E-state index contributed by atoms with van der Waals surface area (Å²) in [5.41, 5.74) is 9.56. The number of aryl methyl sites for hydroxylation is 2. The first kappa shape index (κ1) is 25.9. The Bertz CT molecular complexity index is 1540. The minimum Gasteiger partial charge on any atom is -0.490 e. The van der Waals surface area contributed by atoms with Gasteiger partial charge in [-0.3, -0.25) is 4.99 Å². The Kier molecular flexibility index (Phi) is 7.41. The summed E-state index contributed by atoms with van der Waals surface area (Å²) in [5.74, 6) is 2.47. The number of ether oxygens (including phenoxy) is 2. The predicted molar refractivity (Wildman–Crippen MR) is 164 cm³/mol. The van der Waals surface area contributed by atoms with Gasteiger partial charge in [-0.1, -0.05) is 71.8 Å². The summed E-state index contributed by atoms with van der Waals surface area (Å²) in [6.45, 7) is 7.31. The molecular formula is C36H36N2O2. The Morgan fingerprint density at radius 2 is 1.65 bits per heavy atom. The third-order valence-corrected chi connectivity index (χ3v) is 7.92. The van der Waals surface area contributed by atoms with E-state index < -0.39 is 0 Å². The van der Waals surface area contributed by atoms with Gasteiger partial charge in [-0.2, -0.15) is 0 Å². The number of nitrogens with zero attached hydrogens (tertiary/aromatic N) is 1. The number of rotatable bonds is 8. The Hall–Kier alpha value is -4.31. The van der Waals surface area contributed by atoms with Crippen LogP contribution in [0.15, 0.2) is 102 Å². The monoisotopic (exact) mass is 528 g/mol. The van der Waals surface area contributed by atoms with E-state index in [1.54, 1.807) is 0 Å². The molecule has 4 nitrogen and oxygen atoms in total. The molecule has 4 aromatic rings. The zero-order valence-corrected chi connectivity index (χ0v) is 23.4. The molecule has 0 saturated heterocycles. The molecule has 1 heterocycles. The van der Waals surface area contributed by atoms with Gasteiger partial charge in [0.05, 0.1) is 18.3 Å². The van der Waals surface area contributed by atoms with E-state index >= 15 is 0 Å². The number of hydrogen-bond donors (Lipinski definition) is 1. The van der Waals surface area contributed by atoms with Gasteiger partial charge in [-0.15, -0.1) is 0 Å². The van der Waals surface area contributed by atoms with Gasteiger partial charge in [0.2, 0.25) is 0 Å². The van der Waals surface area contributed by atoms with Crippen LogP contribution in [0.2, 0.25) is 0 Å². The normalized spacial score (nSPS) is 19.2. The number of anilines is 1. The molecule has 0 bridgehead atoms. The first-order chi connectivity index (χ1) is 19.6.